The van der Waals surface area contributed by atoms with Gasteiger partial charge < -0.3 is 4.74 Å². The molecule has 0 aliphatic heterocycles. The van der Waals surface area contributed by atoms with Crippen molar-refractivity contribution >= 4 is 17.8 Å². The number of esters is 1. The lowest BCUT2D eigenvalue weighted by Crippen LogP contribution is -1.98. The number of hydrogen-bond acceptors (Lipinski definition) is 4. The average molecular weight is 323 g/mol. The zero-order valence-corrected chi connectivity index (χ0v) is 13.6. The molecule has 0 heterocycles. The third-order valence-electron chi connectivity index (χ3n) is 2.07. The zero-order valence-electron chi connectivity index (χ0n) is 13.6. The highest BCUT2D eigenvalue weighted by atomic mass is 16.5. The summed E-state index contributed by atoms with van der Waals surface area (Å²) in [4.78, 5) is 20.4. The van der Waals surface area contributed by atoms with Gasteiger partial charge in [0.2, 0.25) is 0 Å². The topological polar surface area (TPSA) is 67.2 Å². The van der Waals surface area contributed by atoms with Crippen molar-refractivity contribution in [1.29, 1.82) is 5.26 Å². The number of nitrogens with zero attached hydrogens (tertiary/aromatic N) is 1. The molecule has 0 N–H and O–H groups in total. The Bertz CT molecular complexity index is 608. The van der Waals surface area contributed by atoms with Gasteiger partial charge in [-0.25, -0.2) is 4.79 Å². The first-order valence-electron chi connectivity index (χ1n) is 6.85. The van der Waals surface area contributed by atoms with Crippen LogP contribution in [-0.2, 0) is 14.3 Å². The fraction of sp³-hybridized carbons (Fsp3) is 0.0500. The predicted molar refractivity (Wildman–Crippen MR) is 97.8 cm³/mol. The van der Waals surface area contributed by atoms with Crippen LogP contribution in [0.3, 0.4) is 0 Å². The summed E-state index contributed by atoms with van der Waals surface area (Å²) in [6.07, 6.45) is 7.87. The highest BCUT2D eigenvalue weighted by Gasteiger charge is 1.88. The van der Waals surface area contributed by atoms with E-state index in [9.17, 15) is 9.59 Å². The maximum absolute atomic E-state index is 10.2. The summed E-state index contributed by atoms with van der Waals surface area (Å²) in [6, 6.07) is 11.7. The summed E-state index contributed by atoms with van der Waals surface area (Å²) in [6.45, 7) is 13.6. The first-order valence-corrected chi connectivity index (χ1v) is 6.85. The molecule has 0 saturated carbocycles. The predicted octanol–water partition coefficient (Wildman–Crippen LogP) is 4.05. The van der Waals surface area contributed by atoms with Crippen LogP contribution in [0.5, 0.6) is 0 Å². The molecule has 124 valence electrons. The number of rotatable bonds is 6. The zero-order chi connectivity index (χ0) is 18.6. The molecular formula is C20H21NO3. The van der Waals surface area contributed by atoms with Crippen molar-refractivity contribution in [2.45, 2.75) is 0 Å². The fourth-order valence-corrected chi connectivity index (χ4v) is 0.977. The number of carbonyl (C=O) groups excluding carboxylic acids is 2. The smallest absolute Gasteiger partial charge is 0.330 e. The standard InChI is InChI=1S/C8H8.C6H5NO.C6H8O2/c1-2-8-6-4-3-5-7-8;1-2-6(8)4-3-5-7;1-3-5-8-6(7)4-2/h2-7H,1H2;2-4H,1H2;3-4H,1-2,5H2. The van der Waals surface area contributed by atoms with Gasteiger partial charge in [0.25, 0.3) is 0 Å². The van der Waals surface area contributed by atoms with E-state index in [0.29, 0.717) is 0 Å². The van der Waals surface area contributed by atoms with E-state index >= 15 is 0 Å². The molecule has 4 heteroatoms. The summed E-state index contributed by atoms with van der Waals surface area (Å²) in [5, 5.41) is 7.89. The maximum atomic E-state index is 10.2. The Hall–Kier alpha value is -3.45. The molecule has 0 unspecified atom stereocenters. The number of ketones is 1. The Labute approximate surface area is 143 Å². The highest BCUT2D eigenvalue weighted by molar-refractivity contribution is 5.98. The molecule has 0 aliphatic carbocycles. The SMILES string of the molecule is C=CC(=O)C=CC#N.C=CCOC(=O)C=C.C=Cc1ccccc1. The van der Waals surface area contributed by atoms with Gasteiger partial charge in [-0.05, 0) is 17.7 Å². The van der Waals surface area contributed by atoms with E-state index < -0.39 is 5.97 Å². The Balaban J connectivity index is 0. The van der Waals surface area contributed by atoms with Crippen LogP contribution in [0.1, 0.15) is 5.56 Å². The van der Waals surface area contributed by atoms with Crippen molar-refractivity contribution in [3.05, 3.63) is 92.6 Å². The van der Waals surface area contributed by atoms with E-state index in [2.05, 4.69) is 31.1 Å². The van der Waals surface area contributed by atoms with Crippen LogP contribution in [-0.4, -0.2) is 18.4 Å². The normalized spacial score (nSPS) is 8.12. The van der Waals surface area contributed by atoms with E-state index in [-0.39, 0.29) is 12.4 Å². The van der Waals surface area contributed by atoms with Crippen molar-refractivity contribution in [2.75, 3.05) is 6.61 Å². The van der Waals surface area contributed by atoms with Crippen molar-refractivity contribution in [3.63, 3.8) is 0 Å². The molecule has 1 rings (SSSR count). The third-order valence-corrected chi connectivity index (χ3v) is 2.07. The summed E-state index contributed by atoms with van der Waals surface area (Å²) in [5.74, 6) is -0.656. The molecule has 24 heavy (non-hydrogen) atoms. The van der Waals surface area contributed by atoms with Gasteiger partial charge in [-0.2, -0.15) is 5.26 Å². The maximum Gasteiger partial charge on any atom is 0.330 e. The average Bonchev–Trinajstić information content (AvgIpc) is 2.65. The lowest BCUT2D eigenvalue weighted by Gasteiger charge is -1.92. The van der Waals surface area contributed by atoms with E-state index in [0.717, 1.165) is 24.3 Å². The van der Waals surface area contributed by atoms with Gasteiger partial charge in [-0.15, -0.1) is 0 Å². The van der Waals surface area contributed by atoms with Crippen molar-refractivity contribution in [2.24, 2.45) is 0 Å². The Morgan fingerprint density at radius 3 is 2.08 bits per heavy atom. The third kappa shape index (κ3) is 16.6. The molecule has 0 saturated heterocycles. The number of hydrogen-bond donors (Lipinski definition) is 0. The molecule has 0 aromatic heterocycles. The van der Waals surface area contributed by atoms with Gasteiger partial charge in [0.15, 0.2) is 5.78 Å². The van der Waals surface area contributed by atoms with E-state index in [4.69, 9.17) is 5.26 Å². The van der Waals surface area contributed by atoms with Crippen LogP contribution in [0.15, 0.2) is 87.0 Å². The van der Waals surface area contributed by atoms with Crippen molar-refractivity contribution in [3.8, 4) is 6.07 Å². The molecule has 0 bridgehead atoms. The largest absolute Gasteiger partial charge is 0.458 e. The van der Waals surface area contributed by atoms with Gasteiger partial charge in [0, 0.05) is 12.2 Å². The molecule has 0 aliphatic rings. The molecule has 0 spiro atoms. The second-order valence-corrected chi connectivity index (χ2v) is 3.81. The lowest BCUT2D eigenvalue weighted by molar-refractivity contribution is -0.136. The van der Waals surface area contributed by atoms with Crippen LogP contribution >= 0.6 is 0 Å². The van der Waals surface area contributed by atoms with Crippen LogP contribution in [0, 0.1) is 11.3 Å². The van der Waals surface area contributed by atoms with E-state index in [1.54, 1.807) is 6.07 Å². The minimum absolute atomic E-state index is 0.244. The molecule has 0 radical (unpaired) electrons. The molecular weight excluding hydrogens is 302 g/mol. The van der Waals surface area contributed by atoms with Gasteiger partial charge in [0.05, 0.1) is 6.07 Å². The quantitative estimate of drug-likeness (QED) is 0.343. The highest BCUT2D eigenvalue weighted by Crippen LogP contribution is 1.97. The molecule has 0 amide bonds. The molecule has 0 fully saturated rings. The number of ether oxygens (including phenoxy) is 1. The Morgan fingerprint density at radius 2 is 1.71 bits per heavy atom. The molecule has 4 nitrogen and oxygen atoms in total. The van der Waals surface area contributed by atoms with Crippen LogP contribution < -0.4 is 0 Å². The van der Waals surface area contributed by atoms with Gasteiger partial charge in [-0.1, -0.05) is 68.8 Å². The summed E-state index contributed by atoms with van der Waals surface area (Å²) in [7, 11) is 0. The minimum atomic E-state index is -0.412. The van der Waals surface area contributed by atoms with Crippen LogP contribution in [0.25, 0.3) is 6.08 Å². The fourth-order valence-electron chi connectivity index (χ4n) is 0.977. The number of carbonyl (C=O) groups is 2. The molecule has 1 aromatic carbocycles. The van der Waals surface area contributed by atoms with Crippen LogP contribution in [0.2, 0.25) is 0 Å². The summed E-state index contributed by atoms with van der Waals surface area (Å²) < 4.78 is 4.47. The molecule has 0 atom stereocenters. The van der Waals surface area contributed by atoms with E-state index in [1.807, 2.05) is 36.4 Å². The first kappa shape index (κ1) is 22.8. The monoisotopic (exact) mass is 323 g/mol. The number of allylic oxidation sites excluding steroid dienone is 3. The number of nitriles is 1. The lowest BCUT2D eigenvalue weighted by atomic mass is 10.2. The van der Waals surface area contributed by atoms with Gasteiger partial charge in [0.1, 0.15) is 6.61 Å². The van der Waals surface area contributed by atoms with Crippen molar-refractivity contribution < 1.29 is 14.3 Å². The summed E-state index contributed by atoms with van der Waals surface area (Å²) >= 11 is 0. The number of benzene rings is 1. The van der Waals surface area contributed by atoms with Crippen molar-refractivity contribution in [1.82, 2.24) is 0 Å². The van der Waals surface area contributed by atoms with Gasteiger partial charge >= 0.3 is 5.97 Å². The summed E-state index contributed by atoms with van der Waals surface area (Å²) in [5.41, 5.74) is 1.17. The van der Waals surface area contributed by atoms with Crippen LogP contribution in [0.4, 0.5) is 0 Å². The second-order valence-electron chi connectivity index (χ2n) is 3.81. The van der Waals surface area contributed by atoms with E-state index in [1.165, 1.54) is 11.6 Å². The second kappa shape index (κ2) is 17.6. The first-order chi connectivity index (χ1) is 11.5. The Morgan fingerprint density at radius 1 is 1.08 bits per heavy atom. The molecule has 1 aromatic rings. The Kier molecular flexibility index (Phi) is 16.7. The van der Waals surface area contributed by atoms with Gasteiger partial charge in [-0.3, -0.25) is 4.79 Å². The minimum Gasteiger partial charge on any atom is -0.458 e.